The van der Waals surface area contributed by atoms with Gasteiger partial charge in [0.05, 0.1) is 18.2 Å². The maximum absolute atomic E-state index is 13.4. The standard InChI is InChI=1S/C25H26F6N6O/c1-38-21-14-19(4-7-32-21)36-9-5-18(6-10-36)33-23-34-22-20(3-2-8-37(22)35-23)15-11-16(24(26,27)28)13-17(12-15)25(29,30)31/h4,7,11-14,18,20H,2-3,5-6,8-10H2,1H3,(H,33,35). The predicted molar refractivity (Wildman–Crippen MR) is 127 cm³/mol. The van der Waals surface area contributed by atoms with E-state index in [2.05, 4.69) is 25.3 Å². The Morgan fingerprint density at radius 3 is 2.24 bits per heavy atom. The number of hydrogen-bond acceptors (Lipinski definition) is 6. The minimum Gasteiger partial charge on any atom is -0.481 e. The van der Waals surface area contributed by atoms with Gasteiger partial charge in [-0.05, 0) is 55.5 Å². The lowest BCUT2D eigenvalue weighted by Gasteiger charge is -2.33. The molecule has 2 aliphatic rings. The fourth-order valence-electron chi connectivity index (χ4n) is 5.08. The molecule has 0 saturated carbocycles. The molecule has 0 aliphatic carbocycles. The molecule has 5 rings (SSSR count). The fourth-order valence-corrected chi connectivity index (χ4v) is 5.08. The maximum atomic E-state index is 13.4. The SMILES string of the molecule is COc1cc(N2CCC(Nc3nc4n(n3)CCCC4c3cc(C(F)(F)F)cc(C(F)(F)F)c3)CC2)ccn1. The van der Waals surface area contributed by atoms with E-state index in [1.807, 2.05) is 12.1 Å². The van der Waals surface area contributed by atoms with Gasteiger partial charge >= 0.3 is 12.4 Å². The van der Waals surface area contributed by atoms with Crippen molar-refractivity contribution in [1.29, 1.82) is 0 Å². The largest absolute Gasteiger partial charge is 0.481 e. The van der Waals surface area contributed by atoms with E-state index >= 15 is 0 Å². The van der Waals surface area contributed by atoms with E-state index in [1.165, 1.54) is 0 Å². The van der Waals surface area contributed by atoms with Crippen LogP contribution in [0, 0.1) is 0 Å². The summed E-state index contributed by atoms with van der Waals surface area (Å²) in [7, 11) is 1.56. The number of hydrogen-bond donors (Lipinski definition) is 1. The molecule has 1 atom stereocenters. The molecule has 204 valence electrons. The van der Waals surface area contributed by atoms with E-state index in [4.69, 9.17) is 4.74 Å². The van der Waals surface area contributed by atoms with Crippen LogP contribution in [0.5, 0.6) is 5.88 Å². The van der Waals surface area contributed by atoms with Gasteiger partial charge in [0.2, 0.25) is 11.8 Å². The number of benzene rings is 1. The number of methoxy groups -OCH3 is 1. The summed E-state index contributed by atoms with van der Waals surface area (Å²) in [6.45, 7) is 2.03. The predicted octanol–water partition coefficient (Wildman–Crippen LogP) is 5.73. The molecule has 0 spiro atoms. The van der Waals surface area contributed by atoms with E-state index in [-0.39, 0.29) is 17.7 Å². The van der Waals surface area contributed by atoms with Gasteiger partial charge in [0.15, 0.2) is 0 Å². The average molecular weight is 541 g/mol. The van der Waals surface area contributed by atoms with Gasteiger partial charge < -0.3 is 15.0 Å². The average Bonchev–Trinajstić information content (AvgIpc) is 3.30. The van der Waals surface area contributed by atoms with Gasteiger partial charge in [0.1, 0.15) is 5.82 Å². The number of fused-ring (bicyclic) bond motifs is 1. The van der Waals surface area contributed by atoms with Gasteiger partial charge in [-0.1, -0.05) is 0 Å². The van der Waals surface area contributed by atoms with Gasteiger partial charge in [-0.15, -0.1) is 5.10 Å². The van der Waals surface area contributed by atoms with E-state index in [1.54, 1.807) is 18.0 Å². The Morgan fingerprint density at radius 1 is 0.921 bits per heavy atom. The highest BCUT2D eigenvalue weighted by atomic mass is 19.4. The summed E-state index contributed by atoms with van der Waals surface area (Å²) in [5, 5.41) is 7.78. The van der Waals surface area contributed by atoms with Gasteiger partial charge in [-0.25, -0.2) is 9.67 Å². The van der Waals surface area contributed by atoms with Crippen LogP contribution in [0.4, 0.5) is 38.0 Å². The topological polar surface area (TPSA) is 68.1 Å². The minimum atomic E-state index is -4.90. The number of pyridine rings is 1. The first-order chi connectivity index (χ1) is 18.0. The summed E-state index contributed by atoms with van der Waals surface area (Å²) < 4.78 is 87.3. The number of aryl methyl sites for hydroxylation is 1. The Morgan fingerprint density at radius 2 is 1.61 bits per heavy atom. The molecule has 1 unspecified atom stereocenters. The van der Waals surface area contributed by atoms with E-state index in [0.29, 0.717) is 37.0 Å². The van der Waals surface area contributed by atoms with Crippen molar-refractivity contribution in [3.05, 3.63) is 59.0 Å². The molecule has 2 aromatic heterocycles. The Balaban J connectivity index is 1.33. The molecule has 1 saturated heterocycles. The minimum absolute atomic E-state index is 0.0619. The summed E-state index contributed by atoms with van der Waals surface area (Å²) in [5.74, 6) is 0.512. The Bertz CT molecular complexity index is 1250. The third kappa shape index (κ3) is 5.51. The van der Waals surface area contributed by atoms with Crippen LogP contribution in [-0.4, -0.2) is 46.0 Å². The smallest absolute Gasteiger partial charge is 0.416 e. The second-order valence-corrected chi connectivity index (χ2v) is 9.51. The van der Waals surface area contributed by atoms with Crippen LogP contribution in [0.15, 0.2) is 36.5 Å². The highest BCUT2D eigenvalue weighted by Gasteiger charge is 2.38. The first kappa shape index (κ1) is 26.1. The summed E-state index contributed by atoms with van der Waals surface area (Å²) in [6.07, 6.45) is -5.59. The first-order valence-corrected chi connectivity index (χ1v) is 12.3. The van der Waals surface area contributed by atoms with Gasteiger partial charge in [-0.3, -0.25) is 0 Å². The molecule has 2 aliphatic heterocycles. The number of anilines is 2. The van der Waals surface area contributed by atoms with E-state index in [0.717, 1.165) is 43.8 Å². The Kier molecular flexibility index (Phi) is 6.86. The summed E-state index contributed by atoms with van der Waals surface area (Å²) in [5.41, 5.74) is -1.70. The molecule has 38 heavy (non-hydrogen) atoms. The number of rotatable bonds is 5. The van der Waals surface area contributed by atoms with Crippen molar-refractivity contribution >= 4 is 11.6 Å². The van der Waals surface area contributed by atoms with Crippen molar-refractivity contribution < 1.29 is 31.1 Å². The molecular weight excluding hydrogens is 514 g/mol. The zero-order valence-corrected chi connectivity index (χ0v) is 20.5. The summed E-state index contributed by atoms with van der Waals surface area (Å²) in [6, 6.07) is 5.60. The van der Waals surface area contributed by atoms with Crippen molar-refractivity contribution in [1.82, 2.24) is 19.7 Å². The highest BCUT2D eigenvalue weighted by Crippen LogP contribution is 2.41. The Hall–Kier alpha value is -3.51. The normalized spacial score (nSPS) is 18.8. The third-order valence-corrected chi connectivity index (χ3v) is 7.01. The molecule has 3 aromatic rings. The highest BCUT2D eigenvalue weighted by molar-refractivity contribution is 5.49. The van der Waals surface area contributed by atoms with Crippen molar-refractivity contribution in [2.75, 3.05) is 30.4 Å². The zero-order valence-electron chi connectivity index (χ0n) is 20.5. The molecule has 4 heterocycles. The van der Waals surface area contributed by atoms with Crippen LogP contribution >= 0.6 is 0 Å². The summed E-state index contributed by atoms with van der Waals surface area (Å²) in [4.78, 5) is 10.9. The lowest BCUT2D eigenvalue weighted by molar-refractivity contribution is -0.143. The quantitative estimate of drug-likeness (QED) is 0.418. The third-order valence-electron chi connectivity index (χ3n) is 7.01. The van der Waals surface area contributed by atoms with E-state index in [9.17, 15) is 26.3 Å². The van der Waals surface area contributed by atoms with Crippen LogP contribution in [-0.2, 0) is 18.9 Å². The molecule has 1 aromatic carbocycles. The lowest BCUT2D eigenvalue weighted by atomic mass is 9.88. The second kappa shape index (κ2) is 9.99. The van der Waals surface area contributed by atoms with Crippen molar-refractivity contribution in [2.45, 2.75) is 56.5 Å². The van der Waals surface area contributed by atoms with Gasteiger partial charge in [0, 0.05) is 49.5 Å². The van der Waals surface area contributed by atoms with Crippen LogP contribution in [0.3, 0.4) is 0 Å². The molecule has 1 fully saturated rings. The lowest BCUT2D eigenvalue weighted by Crippen LogP contribution is -2.39. The number of alkyl halides is 6. The number of piperidine rings is 1. The molecule has 0 bridgehead atoms. The van der Waals surface area contributed by atoms with E-state index < -0.39 is 29.4 Å². The van der Waals surface area contributed by atoms with Crippen molar-refractivity contribution in [3.63, 3.8) is 0 Å². The van der Waals surface area contributed by atoms with Crippen LogP contribution < -0.4 is 15.0 Å². The van der Waals surface area contributed by atoms with Crippen LogP contribution in [0.1, 0.15) is 54.1 Å². The van der Waals surface area contributed by atoms with Crippen molar-refractivity contribution in [2.24, 2.45) is 0 Å². The number of ether oxygens (including phenoxy) is 1. The van der Waals surface area contributed by atoms with Crippen molar-refractivity contribution in [3.8, 4) is 5.88 Å². The first-order valence-electron chi connectivity index (χ1n) is 12.3. The van der Waals surface area contributed by atoms with Crippen LogP contribution in [0.2, 0.25) is 0 Å². The number of nitrogens with zero attached hydrogens (tertiary/aromatic N) is 5. The number of nitrogens with one attached hydrogen (secondary N) is 1. The molecule has 7 nitrogen and oxygen atoms in total. The molecule has 0 amide bonds. The monoisotopic (exact) mass is 540 g/mol. The van der Waals surface area contributed by atoms with Gasteiger partial charge in [-0.2, -0.15) is 31.3 Å². The number of aromatic nitrogens is 4. The maximum Gasteiger partial charge on any atom is 0.416 e. The fraction of sp³-hybridized carbons (Fsp3) is 0.480. The number of halogens is 6. The van der Waals surface area contributed by atoms with Crippen LogP contribution in [0.25, 0.3) is 0 Å². The molecular formula is C25H26F6N6O. The zero-order chi connectivity index (χ0) is 27.1. The van der Waals surface area contributed by atoms with Gasteiger partial charge in [0.25, 0.3) is 0 Å². The Labute approximate surface area is 214 Å². The molecule has 13 heteroatoms. The molecule has 0 radical (unpaired) electrons. The summed E-state index contributed by atoms with van der Waals surface area (Å²) >= 11 is 0. The second-order valence-electron chi connectivity index (χ2n) is 9.51. The molecule has 1 N–H and O–H groups in total.